The van der Waals surface area contributed by atoms with E-state index in [0.29, 0.717) is 28.6 Å². The van der Waals surface area contributed by atoms with Gasteiger partial charge in [-0.2, -0.15) is 0 Å². The minimum Gasteiger partial charge on any atom is -0.486 e. The van der Waals surface area contributed by atoms with E-state index in [-0.39, 0.29) is 17.2 Å². The number of hydrogen-bond acceptors (Lipinski definition) is 4. The van der Waals surface area contributed by atoms with E-state index in [1.165, 1.54) is 12.1 Å². The number of ether oxygens (including phenoxy) is 2. The maximum Gasteiger partial charge on any atom is 0.335 e. The van der Waals surface area contributed by atoms with Crippen LogP contribution in [0.3, 0.4) is 0 Å². The summed E-state index contributed by atoms with van der Waals surface area (Å²) >= 11 is 6.03. The molecule has 0 aliphatic carbocycles. The van der Waals surface area contributed by atoms with E-state index in [0.717, 1.165) is 0 Å². The SMILES string of the molecule is COCC(C)Oc1ccc(Cl)cc1NC(=O)c1cc(C)cc(C(=O)O)c1. The number of methoxy groups -OCH3 is 1. The molecule has 1 atom stereocenters. The summed E-state index contributed by atoms with van der Waals surface area (Å²) in [6.45, 7) is 3.95. The van der Waals surface area contributed by atoms with Gasteiger partial charge in [0, 0.05) is 17.7 Å². The molecule has 26 heavy (non-hydrogen) atoms. The number of hydrogen-bond donors (Lipinski definition) is 2. The molecule has 2 rings (SSSR count). The zero-order valence-corrected chi connectivity index (χ0v) is 15.5. The maximum atomic E-state index is 12.6. The number of amides is 1. The molecule has 0 saturated carbocycles. The van der Waals surface area contributed by atoms with Crippen LogP contribution in [0.4, 0.5) is 5.69 Å². The molecule has 2 aromatic carbocycles. The Morgan fingerprint density at radius 1 is 1.19 bits per heavy atom. The predicted octanol–water partition coefficient (Wildman–Crippen LogP) is 4.01. The zero-order valence-electron chi connectivity index (χ0n) is 14.7. The van der Waals surface area contributed by atoms with Gasteiger partial charge in [0.05, 0.1) is 17.9 Å². The summed E-state index contributed by atoms with van der Waals surface area (Å²) in [5.41, 5.74) is 1.35. The zero-order chi connectivity index (χ0) is 19.3. The van der Waals surface area contributed by atoms with Crippen molar-refractivity contribution in [1.82, 2.24) is 0 Å². The van der Waals surface area contributed by atoms with Crippen LogP contribution >= 0.6 is 11.6 Å². The molecule has 6 nitrogen and oxygen atoms in total. The van der Waals surface area contributed by atoms with Gasteiger partial charge in [-0.1, -0.05) is 11.6 Å². The van der Waals surface area contributed by atoms with Gasteiger partial charge >= 0.3 is 5.97 Å². The highest BCUT2D eigenvalue weighted by Crippen LogP contribution is 2.29. The van der Waals surface area contributed by atoms with E-state index < -0.39 is 11.9 Å². The summed E-state index contributed by atoms with van der Waals surface area (Å²) < 4.78 is 10.8. The van der Waals surface area contributed by atoms with Gasteiger partial charge in [0.25, 0.3) is 5.91 Å². The van der Waals surface area contributed by atoms with Gasteiger partial charge in [-0.3, -0.25) is 4.79 Å². The fraction of sp³-hybridized carbons (Fsp3) is 0.263. The fourth-order valence-electron chi connectivity index (χ4n) is 2.42. The number of carbonyl (C=O) groups excluding carboxylic acids is 1. The summed E-state index contributed by atoms with van der Waals surface area (Å²) in [7, 11) is 1.57. The second-order valence-corrected chi connectivity index (χ2v) is 6.31. The predicted molar refractivity (Wildman–Crippen MR) is 99.5 cm³/mol. The molecule has 138 valence electrons. The van der Waals surface area contributed by atoms with Crippen molar-refractivity contribution in [3.8, 4) is 5.75 Å². The maximum absolute atomic E-state index is 12.6. The Hall–Kier alpha value is -2.57. The van der Waals surface area contributed by atoms with Gasteiger partial charge in [0.2, 0.25) is 0 Å². The van der Waals surface area contributed by atoms with Gasteiger partial charge < -0.3 is 19.9 Å². The molecule has 0 aromatic heterocycles. The van der Waals surface area contributed by atoms with E-state index in [1.54, 1.807) is 38.3 Å². The molecule has 0 aliphatic heterocycles. The van der Waals surface area contributed by atoms with Crippen LogP contribution in [0.15, 0.2) is 36.4 Å². The van der Waals surface area contributed by atoms with Crippen LogP contribution in [0.25, 0.3) is 0 Å². The van der Waals surface area contributed by atoms with Crippen molar-refractivity contribution in [2.75, 3.05) is 19.0 Å². The van der Waals surface area contributed by atoms with Crippen molar-refractivity contribution in [3.63, 3.8) is 0 Å². The second-order valence-electron chi connectivity index (χ2n) is 5.87. The molecular formula is C19H20ClNO5. The number of halogens is 1. The van der Waals surface area contributed by atoms with Gasteiger partial charge in [0.15, 0.2) is 0 Å². The van der Waals surface area contributed by atoms with E-state index in [1.807, 2.05) is 6.92 Å². The number of anilines is 1. The second kappa shape index (κ2) is 8.69. The summed E-state index contributed by atoms with van der Waals surface area (Å²) in [6.07, 6.45) is -0.227. The number of benzene rings is 2. The van der Waals surface area contributed by atoms with E-state index >= 15 is 0 Å². The topological polar surface area (TPSA) is 84.9 Å². The first-order valence-electron chi connectivity index (χ1n) is 7.91. The molecule has 0 saturated heterocycles. The molecular weight excluding hydrogens is 358 g/mol. The lowest BCUT2D eigenvalue weighted by Gasteiger charge is -2.17. The summed E-state index contributed by atoms with van der Waals surface area (Å²) in [5, 5.41) is 12.3. The average molecular weight is 378 g/mol. The van der Waals surface area contributed by atoms with E-state index in [2.05, 4.69) is 5.32 Å². The van der Waals surface area contributed by atoms with Crippen molar-refractivity contribution in [3.05, 3.63) is 58.1 Å². The average Bonchev–Trinajstić information content (AvgIpc) is 2.57. The molecule has 1 amide bonds. The third kappa shape index (κ3) is 5.21. The molecule has 1 unspecified atom stereocenters. The number of aromatic carboxylic acids is 1. The van der Waals surface area contributed by atoms with Crippen LogP contribution in [0.5, 0.6) is 5.75 Å². The normalized spacial score (nSPS) is 11.7. The van der Waals surface area contributed by atoms with Crippen molar-refractivity contribution >= 4 is 29.2 Å². The quantitative estimate of drug-likeness (QED) is 0.761. The molecule has 0 radical (unpaired) electrons. The highest BCUT2D eigenvalue weighted by atomic mass is 35.5. The highest BCUT2D eigenvalue weighted by molar-refractivity contribution is 6.31. The van der Waals surface area contributed by atoms with Crippen molar-refractivity contribution in [2.24, 2.45) is 0 Å². The number of carbonyl (C=O) groups is 2. The van der Waals surface area contributed by atoms with Crippen molar-refractivity contribution < 1.29 is 24.2 Å². The van der Waals surface area contributed by atoms with Gasteiger partial charge in [0.1, 0.15) is 11.9 Å². The highest BCUT2D eigenvalue weighted by Gasteiger charge is 2.15. The molecule has 7 heteroatoms. The number of carboxylic acid groups (broad SMARTS) is 1. The Balaban J connectivity index is 2.28. The first-order chi connectivity index (χ1) is 12.3. The number of carboxylic acids is 1. The standard InChI is InChI=1S/C19H20ClNO5/c1-11-6-13(8-14(7-11)19(23)24)18(22)21-16-9-15(20)4-5-17(16)26-12(2)10-25-3/h4-9,12H,10H2,1-3H3,(H,21,22)(H,23,24). The van der Waals surface area contributed by atoms with E-state index in [4.69, 9.17) is 26.2 Å². The third-order valence-electron chi connectivity index (χ3n) is 3.51. The number of aryl methyl sites for hydroxylation is 1. The lowest BCUT2D eigenvalue weighted by atomic mass is 10.1. The minimum atomic E-state index is -1.09. The Labute approximate surface area is 156 Å². The van der Waals surface area contributed by atoms with E-state index in [9.17, 15) is 9.59 Å². The van der Waals surface area contributed by atoms with Crippen LogP contribution in [-0.4, -0.2) is 36.8 Å². The molecule has 0 heterocycles. The smallest absolute Gasteiger partial charge is 0.335 e. The van der Waals surface area contributed by atoms with Crippen molar-refractivity contribution in [1.29, 1.82) is 0 Å². The lowest BCUT2D eigenvalue weighted by Crippen LogP contribution is -2.20. The lowest BCUT2D eigenvalue weighted by molar-refractivity contribution is 0.0696. The van der Waals surface area contributed by atoms with Crippen molar-refractivity contribution in [2.45, 2.75) is 20.0 Å². The molecule has 0 aliphatic rings. The molecule has 2 aromatic rings. The fourth-order valence-corrected chi connectivity index (χ4v) is 2.59. The molecule has 2 N–H and O–H groups in total. The minimum absolute atomic E-state index is 0.0476. The van der Waals surface area contributed by atoms with Crippen LogP contribution in [0.1, 0.15) is 33.2 Å². The van der Waals surface area contributed by atoms with Gasteiger partial charge in [-0.05, 0) is 55.8 Å². The summed E-state index contributed by atoms with van der Waals surface area (Å²) in [6, 6.07) is 9.32. The molecule has 0 bridgehead atoms. The Morgan fingerprint density at radius 2 is 1.88 bits per heavy atom. The number of rotatable bonds is 7. The van der Waals surface area contributed by atoms with Crippen LogP contribution < -0.4 is 10.1 Å². The first kappa shape index (κ1) is 19.8. The van der Waals surface area contributed by atoms with Crippen LogP contribution in [0.2, 0.25) is 5.02 Å². The third-order valence-corrected chi connectivity index (χ3v) is 3.74. The summed E-state index contributed by atoms with van der Waals surface area (Å²) in [4.78, 5) is 23.8. The van der Waals surface area contributed by atoms with Crippen LogP contribution in [0, 0.1) is 6.92 Å². The number of nitrogens with one attached hydrogen (secondary N) is 1. The molecule has 0 fully saturated rings. The Kier molecular flexibility index (Phi) is 6.60. The largest absolute Gasteiger partial charge is 0.486 e. The monoisotopic (exact) mass is 377 g/mol. The molecule has 0 spiro atoms. The Morgan fingerprint density at radius 3 is 2.54 bits per heavy atom. The first-order valence-corrected chi connectivity index (χ1v) is 8.29. The Bertz CT molecular complexity index is 822. The van der Waals surface area contributed by atoms with Crippen LogP contribution in [-0.2, 0) is 4.74 Å². The van der Waals surface area contributed by atoms with Gasteiger partial charge in [-0.15, -0.1) is 0 Å². The van der Waals surface area contributed by atoms with Gasteiger partial charge in [-0.25, -0.2) is 4.79 Å². The summed E-state index contributed by atoms with van der Waals surface area (Å²) in [5.74, 6) is -1.11.